The van der Waals surface area contributed by atoms with Crippen LogP contribution in [-0.2, 0) is 16.6 Å². The monoisotopic (exact) mass is 453 g/mol. The van der Waals surface area contributed by atoms with Crippen molar-refractivity contribution in [2.24, 2.45) is 0 Å². The molecule has 0 saturated carbocycles. The van der Waals surface area contributed by atoms with Crippen LogP contribution < -0.4 is 5.32 Å². The molecule has 0 spiro atoms. The van der Waals surface area contributed by atoms with Gasteiger partial charge in [0.2, 0.25) is 16.0 Å². The zero-order chi connectivity index (χ0) is 22.5. The number of aryl methyl sites for hydroxylation is 1. The number of β-amino-alcohol motifs (C(OH)–C–C–N with tert-alkyl or cyclic N) is 1. The molecule has 1 fully saturated rings. The molecular weight excluding hydrogens is 430 g/mol. The lowest BCUT2D eigenvalue weighted by Gasteiger charge is -2.35. The molecule has 1 aliphatic heterocycles. The summed E-state index contributed by atoms with van der Waals surface area (Å²) in [4.78, 5) is 11.0. The highest BCUT2D eigenvalue weighted by atomic mass is 32.2. The first kappa shape index (κ1) is 20.6. The smallest absolute Gasteiger partial charge is 0.236 e. The molecule has 0 unspecified atom stereocenters. The van der Waals surface area contributed by atoms with Gasteiger partial charge in [-0.2, -0.15) is 10.1 Å². The van der Waals surface area contributed by atoms with E-state index < -0.39 is 10.0 Å². The van der Waals surface area contributed by atoms with Crippen LogP contribution in [0.1, 0.15) is 11.3 Å². The number of fused-ring (bicyclic) bond motifs is 1. The van der Waals surface area contributed by atoms with Crippen LogP contribution in [0, 0.1) is 6.92 Å². The van der Waals surface area contributed by atoms with Crippen LogP contribution in [0.5, 0.6) is 0 Å². The fraction of sp³-hybridized carbons (Fsp3) is 0.286. The predicted octanol–water partition coefficient (Wildman–Crippen LogP) is 1.65. The number of hydrogen-bond acceptors (Lipinski definition) is 8. The van der Waals surface area contributed by atoms with Crippen LogP contribution >= 0.6 is 0 Å². The minimum atomic E-state index is -3.36. The van der Waals surface area contributed by atoms with Crippen molar-refractivity contribution in [3.63, 3.8) is 0 Å². The van der Waals surface area contributed by atoms with Crippen LogP contribution in [0.2, 0.25) is 0 Å². The molecular formula is C21H23N7O3S. The number of likely N-dealkylation sites (tertiary alicyclic amines) is 1. The van der Waals surface area contributed by atoms with E-state index in [1.165, 1.54) is 10.2 Å². The van der Waals surface area contributed by atoms with Gasteiger partial charge in [0.15, 0.2) is 5.82 Å². The molecule has 166 valence electrons. The van der Waals surface area contributed by atoms with Crippen molar-refractivity contribution in [1.82, 2.24) is 28.6 Å². The quantitative estimate of drug-likeness (QED) is 0.453. The Kier molecular flexibility index (Phi) is 4.96. The van der Waals surface area contributed by atoms with Gasteiger partial charge in [-0.1, -0.05) is 0 Å². The fourth-order valence-corrected chi connectivity index (χ4v) is 4.64. The van der Waals surface area contributed by atoms with E-state index in [-0.39, 0.29) is 6.10 Å². The molecule has 0 bridgehead atoms. The Morgan fingerprint density at radius 2 is 2.03 bits per heavy atom. The second-order valence-corrected chi connectivity index (χ2v) is 9.90. The first-order valence-electron chi connectivity index (χ1n) is 10.1. The summed E-state index contributed by atoms with van der Waals surface area (Å²) in [7, 11) is -3.36. The second-order valence-electron chi connectivity index (χ2n) is 8.04. The van der Waals surface area contributed by atoms with E-state index in [1.54, 1.807) is 41.3 Å². The molecule has 1 saturated heterocycles. The molecule has 5 rings (SSSR count). The highest BCUT2D eigenvalue weighted by molar-refractivity contribution is 7.89. The summed E-state index contributed by atoms with van der Waals surface area (Å²) in [6, 6.07) is 8.93. The topological polar surface area (TPSA) is 118 Å². The Labute approximate surface area is 185 Å². The SMILES string of the molecule is Cc1nn(-c2ccnc(Nc3ccc4c(ccn4S(C)(=O)=O)c3)n2)cc1CN1CC(O)C1. The average Bonchev–Trinajstić information content (AvgIpc) is 3.30. The largest absolute Gasteiger partial charge is 0.390 e. The number of nitrogens with zero attached hydrogens (tertiary/aromatic N) is 6. The second kappa shape index (κ2) is 7.69. The molecule has 0 atom stereocenters. The standard InChI is InChI=1S/C21H23N7O3S/c1-14-16(10-26-12-18(29)13-26)11-27(25-14)20-5-7-22-21(24-20)23-17-3-4-19-15(9-17)6-8-28(19)32(2,30)31/h3-9,11,18,29H,10,12-13H2,1-2H3,(H,22,23,24). The normalized spacial score (nSPS) is 15.2. The molecule has 1 aromatic carbocycles. The summed E-state index contributed by atoms with van der Waals surface area (Å²) >= 11 is 0. The summed E-state index contributed by atoms with van der Waals surface area (Å²) in [6.07, 6.45) is 6.09. The number of anilines is 2. The van der Waals surface area contributed by atoms with Gasteiger partial charge in [0, 0.05) is 60.9 Å². The van der Waals surface area contributed by atoms with Crippen LogP contribution in [0.4, 0.5) is 11.6 Å². The van der Waals surface area contributed by atoms with Crippen LogP contribution in [-0.4, -0.2) is 67.6 Å². The van der Waals surface area contributed by atoms with Gasteiger partial charge < -0.3 is 10.4 Å². The van der Waals surface area contributed by atoms with Gasteiger partial charge >= 0.3 is 0 Å². The Hall–Kier alpha value is -3.28. The zero-order valence-corrected chi connectivity index (χ0v) is 18.5. The molecule has 11 heteroatoms. The molecule has 32 heavy (non-hydrogen) atoms. The lowest BCUT2D eigenvalue weighted by molar-refractivity contribution is -0.00297. The average molecular weight is 454 g/mol. The molecule has 0 radical (unpaired) electrons. The maximum atomic E-state index is 11.9. The number of rotatable bonds is 6. The first-order chi connectivity index (χ1) is 15.3. The number of aromatic nitrogens is 5. The van der Waals surface area contributed by atoms with E-state index >= 15 is 0 Å². The molecule has 10 nitrogen and oxygen atoms in total. The number of aliphatic hydroxyl groups excluding tert-OH is 1. The summed E-state index contributed by atoms with van der Waals surface area (Å²) in [5, 5.41) is 18.0. The van der Waals surface area contributed by atoms with E-state index in [0.29, 0.717) is 30.4 Å². The van der Waals surface area contributed by atoms with Gasteiger partial charge in [0.05, 0.1) is 23.6 Å². The molecule has 0 amide bonds. The third-order valence-corrected chi connectivity index (χ3v) is 6.51. The van der Waals surface area contributed by atoms with Crippen molar-refractivity contribution >= 4 is 32.6 Å². The van der Waals surface area contributed by atoms with Crippen LogP contribution in [0.3, 0.4) is 0 Å². The summed E-state index contributed by atoms with van der Waals surface area (Å²) < 4.78 is 26.7. The van der Waals surface area contributed by atoms with Crippen molar-refractivity contribution in [3.05, 3.63) is 60.2 Å². The fourth-order valence-electron chi connectivity index (χ4n) is 3.83. The summed E-state index contributed by atoms with van der Waals surface area (Å²) in [5.41, 5.74) is 3.36. The van der Waals surface area contributed by atoms with E-state index in [4.69, 9.17) is 0 Å². The summed E-state index contributed by atoms with van der Waals surface area (Å²) in [6.45, 7) is 4.07. The lowest BCUT2D eigenvalue weighted by atomic mass is 10.1. The predicted molar refractivity (Wildman–Crippen MR) is 121 cm³/mol. The third kappa shape index (κ3) is 3.97. The maximum Gasteiger partial charge on any atom is 0.236 e. The maximum absolute atomic E-state index is 11.9. The van der Waals surface area contributed by atoms with E-state index in [0.717, 1.165) is 28.9 Å². The van der Waals surface area contributed by atoms with Crippen molar-refractivity contribution in [2.75, 3.05) is 24.7 Å². The van der Waals surface area contributed by atoms with E-state index in [2.05, 4.69) is 25.3 Å². The number of aliphatic hydroxyl groups is 1. The van der Waals surface area contributed by atoms with Crippen LogP contribution in [0.15, 0.2) is 48.9 Å². The molecule has 4 aromatic rings. The molecule has 1 aliphatic rings. The minimum Gasteiger partial charge on any atom is -0.390 e. The van der Waals surface area contributed by atoms with Crippen molar-refractivity contribution in [1.29, 1.82) is 0 Å². The minimum absolute atomic E-state index is 0.231. The highest BCUT2D eigenvalue weighted by Crippen LogP contribution is 2.24. The van der Waals surface area contributed by atoms with Crippen molar-refractivity contribution in [2.45, 2.75) is 19.6 Å². The third-order valence-electron chi connectivity index (χ3n) is 5.48. The molecule has 0 aliphatic carbocycles. The van der Waals surface area contributed by atoms with Gasteiger partial charge in [-0.3, -0.25) is 4.90 Å². The van der Waals surface area contributed by atoms with Gasteiger partial charge in [-0.05, 0) is 31.2 Å². The molecule has 2 N–H and O–H groups in total. The Balaban J connectivity index is 1.37. The number of benzene rings is 1. The first-order valence-corrected chi connectivity index (χ1v) is 12.0. The van der Waals surface area contributed by atoms with Gasteiger partial charge in [-0.25, -0.2) is 22.1 Å². The number of nitrogens with one attached hydrogen (secondary N) is 1. The van der Waals surface area contributed by atoms with E-state index in [9.17, 15) is 13.5 Å². The molecule has 4 heterocycles. The number of hydrogen-bond donors (Lipinski definition) is 2. The highest BCUT2D eigenvalue weighted by Gasteiger charge is 2.25. The van der Waals surface area contributed by atoms with Gasteiger partial charge in [-0.15, -0.1) is 0 Å². The summed E-state index contributed by atoms with van der Waals surface area (Å²) in [5.74, 6) is 1.04. The van der Waals surface area contributed by atoms with Crippen molar-refractivity contribution in [3.8, 4) is 5.82 Å². The molecule has 3 aromatic heterocycles. The Morgan fingerprint density at radius 3 is 2.78 bits per heavy atom. The Bertz CT molecular complexity index is 1400. The lowest BCUT2D eigenvalue weighted by Crippen LogP contribution is -2.49. The van der Waals surface area contributed by atoms with E-state index in [1.807, 2.05) is 19.2 Å². The van der Waals surface area contributed by atoms with Crippen molar-refractivity contribution < 1.29 is 13.5 Å². The van der Waals surface area contributed by atoms with Gasteiger partial charge in [0.1, 0.15) is 0 Å². The van der Waals surface area contributed by atoms with Gasteiger partial charge in [0.25, 0.3) is 0 Å². The Morgan fingerprint density at radius 1 is 1.22 bits per heavy atom. The zero-order valence-electron chi connectivity index (χ0n) is 17.7. The van der Waals surface area contributed by atoms with Crippen LogP contribution in [0.25, 0.3) is 16.7 Å².